The van der Waals surface area contributed by atoms with E-state index in [2.05, 4.69) is 17.1 Å². The molecule has 0 radical (unpaired) electrons. The second-order valence-electron chi connectivity index (χ2n) is 4.57. The molecule has 0 aliphatic rings. The first-order valence-corrected chi connectivity index (χ1v) is 7.24. The van der Waals surface area contributed by atoms with Gasteiger partial charge in [-0.05, 0) is 17.7 Å². The van der Waals surface area contributed by atoms with Crippen molar-refractivity contribution < 1.29 is 4.74 Å². The Balaban J connectivity index is 2.00. The molecule has 0 unspecified atom stereocenters. The van der Waals surface area contributed by atoms with Gasteiger partial charge in [-0.15, -0.1) is 11.6 Å². The lowest BCUT2D eigenvalue weighted by Gasteiger charge is -2.12. The van der Waals surface area contributed by atoms with Crippen LogP contribution in [0.5, 0.6) is 11.6 Å². The Labute approximate surface area is 129 Å². The summed E-state index contributed by atoms with van der Waals surface area (Å²) >= 11 is 5.94. The Kier molecular flexibility index (Phi) is 4.17. The largest absolute Gasteiger partial charge is 0.438 e. The van der Waals surface area contributed by atoms with E-state index in [-0.39, 0.29) is 0 Å². The highest BCUT2D eigenvalue weighted by Gasteiger charge is 2.09. The number of hydrogen-bond donors (Lipinski definition) is 0. The first-order chi connectivity index (χ1) is 10.4. The lowest BCUT2D eigenvalue weighted by molar-refractivity contribution is 0.460. The molecule has 0 aliphatic carbocycles. The van der Waals surface area contributed by atoms with Gasteiger partial charge in [0.1, 0.15) is 5.75 Å². The molecule has 104 valence electrons. The molecule has 0 amide bonds. The van der Waals surface area contributed by atoms with Crippen LogP contribution < -0.4 is 4.74 Å². The van der Waals surface area contributed by atoms with Gasteiger partial charge >= 0.3 is 0 Å². The minimum atomic E-state index is 0.372. The molecule has 3 aromatic rings. The van der Waals surface area contributed by atoms with E-state index in [4.69, 9.17) is 16.3 Å². The van der Waals surface area contributed by atoms with Crippen LogP contribution in [0.1, 0.15) is 5.56 Å². The van der Waals surface area contributed by atoms with Crippen molar-refractivity contribution in [2.45, 2.75) is 5.88 Å². The number of benzene rings is 2. The van der Waals surface area contributed by atoms with Crippen molar-refractivity contribution in [2.75, 3.05) is 0 Å². The van der Waals surface area contributed by atoms with Gasteiger partial charge in [0, 0.05) is 17.3 Å². The quantitative estimate of drug-likeness (QED) is 0.611. The Morgan fingerprint density at radius 3 is 2.43 bits per heavy atom. The summed E-state index contributed by atoms with van der Waals surface area (Å²) in [6, 6.07) is 21.8. The molecule has 21 heavy (non-hydrogen) atoms. The fraction of sp³-hybridized carbons (Fsp3) is 0.0556. The van der Waals surface area contributed by atoms with Crippen LogP contribution >= 0.6 is 11.6 Å². The molecule has 2 aromatic carbocycles. The van der Waals surface area contributed by atoms with Gasteiger partial charge in [-0.2, -0.15) is 0 Å². The van der Waals surface area contributed by atoms with Crippen LogP contribution in [-0.4, -0.2) is 4.98 Å². The summed E-state index contributed by atoms with van der Waals surface area (Å²) in [7, 11) is 0. The van der Waals surface area contributed by atoms with Gasteiger partial charge in [0.05, 0.1) is 5.88 Å². The van der Waals surface area contributed by atoms with Crippen LogP contribution in [0.4, 0.5) is 0 Å². The van der Waals surface area contributed by atoms with E-state index in [9.17, 15) is 0 Å². The molecule has 0 saturated carbocycles. The molecule has 0 N–H and O–H groups in total. The van der Waals surface area contributed by atoms with Gasteiger partial charge in [-0.3, -0.25) is 0 Å². The number of alkyl halides is 1. The van der Waals surface area contributed by atoms with Crippen LogP contribution in [0.15, 0.2) is 72.9 Å². The van der Waals surface area contributed by atoms with Crippen LogP contribution in [0, 0.1) is 0 Å². The second-order valence-corrected chi connectivity index (χ2v) is 4.83. The molecule has 0 aliphatic heterocycles. The summed E-state index contributed by atoms with van der Waals surface area (Å²) in [5, 5.41) is 0. The number of ether oxygens (including phenoxy) is 1. The predicted molar refractivity (Wildman–Crippen MR) is 85.7 cm³/mol. The third-order valence-corrected chi connectivity index (χ3v) is 3.46. The van der Waals surface area contributed by atoms with Gasteiger partial charge in [-0.25, -0.2) is 4.98 Å². The van der Waals surface area contributed by atoms with Crippen LogP contribution in [0.2, 0.25) is 0 Å². The number of aromatic nitrogens is 1. The second kappa shape index (κ2) is 6.42. The molecule has 0 fully saturated rings. The highest BCUT2D eigenvalue weighted by atomic mass is 35.5. The normalized spacial score (nSPS) is 10.3. The van der Waals surface area contributed by atoms with Crippen molar-refractivity contribution in [1.82, 2.24) is 4.98 Å². The first-order valence-electron chi connectivity index (χ1n) is 6.70. The van der Waals surface area contributed by atoms with Crippen molar-refractivity contribution in [3.8, 4) is 22.8 Å². The average molecular weight is 296 g/mol. The molecular formula is C18H14ClNO. The summed E-state index contributed by atoms with van der Waals surface area (Å²) < 4.78 is 5.99. The standard InChI is InChI=1S/C18H14ClNO/c19-13-15-9-6-12-20-18(15)21-17-11-5-4-10-16(17)14-7-2-1-3-8-14/h1-12H,13H2. The summed E-state index contributed by atoms with van der Waals surface area (Å²) in [5.41, 5.74) is 3.02. The van der Waals surface area contributed by atoms with Crippen molar-refractivity contribution in [1.29, 1.82) is 0 Å². The molecule has 0 atom stereocenters. The number of pyridine rings is 1. The molecule has 0 spiro atoms. The van der Waals surface area contributed by atoms with Gasteiger partial charge in [0.25, 0.3) is 0 Å². The SMILES string of the molecule is ClCc1cccnc1Oc1ccccc1-c1ccccc1. The van der Waals surface area contributed by atoms with Crippen LogP contribution in [0.3, 0.4) is 0 Å². The van der Waals surface area contributed by atoms with E-state index in [1.807, 2.05) is 54.6 Å². The lowest BCUT2D eigenvalue weighted by Crippen LogP contribution is -1.94. The third kappa shape index (κ3) is 3.06. The number of nitrogens with zero attached hydrogens (tertiary/aromatic N) is 1. The molecule has 3 rings (SSSR count). The van der Waals surface area contributed by atoms with E-state index in [0.29, 0.717) is 11.8 Å². The minimum absolute atomic E-state index is 0.372. The maximum absolute atomic E-state index is 5.99. The lowest BCUT2D eigenvalue weighted by atomic mass is 10.1. The van der Waals surface area contributed by atoms with Gasteiger partial charge in [-0.1, -0.05) is 54.6 Å². The number of halogens is 1. The number of hydrogen-bond acceptors (Lipinski definition) is 2. The topological polar surface area (TPSA) is 22.1 Å². The maximum atomic E-state index is 5.99. The number of para-hydroxylation sites is 1. The van der Waals surface area contributed by atoms with Gasteiger partial charge < -0.3 is 4.74 Å². The van der Waals surface area contributed by atoms with Crippen molar-refractivity contribution >= 4 is 11.6 Å². The van der Waals surface area contributed by atoms with E-state index in [1.54, 1.807) is 6.20 Å². The highest BCUT2D eigenvalue weighted by Crippen LogP contribution is 2.33. The fourth-order valence-electron chi connectivity index (χ4n) is 2.13. The summed E-state index contributed by atoms with van der Waals surface area (Å²) in [6.07, 6.45) is 1.70. The Morgan fingerprint density at radius 1 is 0.857 bits per heavy atom. The Bertz CT molecular complexity index is 728. The predicted octanol–water partition coefficient (Wildman–Crippen LogP) is 5.28. The monoisotopic (exact) mass is 295 g/mol. The maximum Gasteiger partial charge on any atom is 0.223 e. The van der Waals surface area contributed by atoms with Crippen LogP contribution in [-0.2, 0) is 5.88 Å². The van der Waals surface area contributed by atoms with Gasteiger partial charge in [0.2, 0.25) is 5.88 Å². The molecule has 1 aromatic heterocycles. The zero-order chi connectivity index (χ0) is 14.5. The molecule has 0 bridgehead atoms. The summed E-state index contributed by atoms with van der Waals surface area (Å²) in [5.74, 6) is 1.70. The zero-order valence-electron chi connectivity index (χ0n) is 11.4. The van der Waals surface area contributed by atoms with E-state index >= 15 is 0 Å². The number of rotatable bonds is 4. The van der Waals surface area contributed by atoms with Gasteiger partial charge in [0.15, 0.2) is 0 Å². The molecule has 2 nitrogen and oxygen atoms in total. The molecule has 0 saturated heterocycles. The summed E-state index contributed by atoms with van der Waals surface area (Å²) in [6.45, 7) is 0. The Hall–Kier alpha value is -2.32. The van der Waals surface area contributed by atoms with Crippen molar-refractivity contribution in [3.63, 3.8) is 0 Å². The first kappa shape index (κ1) is 13.7. The molecular weight excluding hydrogens is 282 g/mol. The van der Waals surface area contributed by atoms with E-state index in [1.165, 1.54) is 0 Å². The van der Waals surface area contributed by atoms with Crippen molar-refractivity contribution in [2.24, 2.45) is 0 Å². The fourth-order valence-corrected chi connectivity index (χ4v) is 2.34. The third-order valence-electron chi connectivity index (χ3n) is 3.17. The molecule has 1 heterocycles. The zero-order valence-corrected chi connectivity index (χ0v) is 12.1. The van der Waals surface area contributed by atoms with Crippen LogP contribution in [0.25, 0.3) is 11.1 Å². The smallest absolute Gasteiger partial charge is 0.223 e. The molecule has 3 heteroatoms. The highest BCUT2D eigenvalue weighted by molar-refractivity contribution is 6.17. The minimum Gasteiger partial charge on any atom is -0.438 e. The van der Waals surface area contributed by atoms with E-state index < -0.39 is 0 Å². The Morgan fingerprint density at radius 2 is 1.62 bits per heavy atom. The van der Waals surface area contributed by atoms with E-state index in [0.717, 1.165) is 22.4 Å². The van der Waals surface area contributed by atoms with Crippen molar-refractivity contribution in [3.05, 3.63) is 78.5 Å². The average Bonchev–Trinajstić information content (AvgIpc) is 2.57. The summed E-state index contributed by atoms with van der Waals surface area (Å²) in [4.78, 5) is 4.27.